The first-order valence-electron chi connectivity index (χ1n) is 8.08. The van der Waals surface area contributed by atoms with Crippen LogP contribution >= 0.6 is 0 Å². The molecule has 0 saturated carbocycles. The van der Waals surface area contributed by atoms with Gasteiger partial charge < -0.3 is 10.6 Å². The topological polar surface area (TPSA) is 79.8 Å². The van der Waals surface area contributed by atoms with Crippen molar-refractivity contribution in [3.05, 3.63) is 84.1 Å². The van der Waals surface area contributed by atoms with E-state index in [0.717, 1.165) is 18.5 Å². The van der Waals surface area contributed by atoms with E-state index in [1.165, 1.54) is 11.9 Å². The summed E-state index contributed by atoms with van der Waals surface area (Å²) >= 11 is 0. The van der Waals surface area contributed by atoms with E-state index in [0.29, 0.717) is 18.1 Å². The molecular formula is C19H19N5O. The molecule has 3 aromatic rings. The van der Waals surface area contributed by atoms with Crippen molar-refractivity contribution < 1.29 is 4.79 Å². The molecule has 0 unspecified atom stereocenters. The van der Waals surface area contributed by atoms with Gasteiger partial charge in [-0.1, -0.05) is 36.4 Å². The molecule has 0 fully saturated rings. The number of rotatable bonds is 7. The minimum absolute atomic E-state index is 0.239. The third kappa shape index (κ3) is 5.10. The molecule has 0 saturated heterocycles. The van der Waals surface area contributed by atoms with Crippen LogP contribution in [0.5, 0.6) is 0 Å². The molecule has 6 nitrogen and oxygen atoms in total. The standard InChI is InChI=1S/C19H19N5O/c25-19(22-13-16-7-4-9-20-12-16)17-11-18(24-14-23-17)21-10-8-15-5-2-1-3-6-15/h1-7,9,11-12,14H,8,10,13H2,(H,22,25)(H,21,23,24). The maximum absolute atomic E-state index is 12.2. The lowest BCUT2D eigenvalue weighted by atomic mass is 10.1. The Morgan fingerprint density at radius 2 is 1.84 bits per heavy atom. The lowest BCUT2D eigenvalue weighted by Crippen LogP contribution is -2.24. The summed E-state index contributed by atoms with van der Waals surface area (Å²) in [6.07, 6.45) is 5.69. The summed E-state index contributed by atoms with van der Waals surface area (Å²) in [5.74, 6) is 0.398. The van der Waals surface area contributed by atoms with Crippen LogP contribution in [0.25, 0.3) is 0 Å². The first-order valence-corrected chi connectivity index (χ1v) is 8.08. The smallest absolute Gasteiger partial charge is 0.270 e. The first-order chi connectivity index (χ1) is 12.3. The quantitative estimate of drug-likeness (QED) is 0.694. The number of anilines is 1. The Morgan fingerprint density at radius 3 is 2.64 bits per heavy atom. The van der Waals surface area contributed by atoms with Crippen LogP contribution in [0.2, 0.25) is 0 Å². The number of hydrogen-bond acceptors (Lipinski definition) is 5. The Kier molecular flexibility index (Phi) is 5.66. The summed E-state index contributed by atoms with van der Waals surface area (Å²) in [5, 5.41) is 6.05. The molecule has 126 valence electrons. The van der Waals surface area contributed by atoms with Gasteiger partial charge in [0.2, 0.25) is 0 Å². The zero-order chi connectivity index (χ0) is 17.3. The number of benzene rings is 1. The second-order valence-corrected chi connectivity index (χ2v) is 5.49. The number of nitrogens with one attached hydrogen (secondary N) is 2. The maximum Gasteiger partial charge on any atom is 0.270 e. The summed E-state index contributed by atoms with van der Waals surface area (Å²) < 4.78 is 0. The number of amides is 1. The molecule has 0 bridgehead atoms. The van der Waals surface area contributed by atoms with Crippen molar-refractivity contribution in [1.29, 1.82) is 0 Å². The van der Waals surface area contributed by atoms with Crippen molar-refractivity contribution in [2.45, 2.75) is 13.0 Å². The summed E-state index contributed by atoms with van der Waals surface area (Å²) in [5.41, 5.74) is 2.52. The average Bonchev–Trinajstić information content (AvgIpc) is 2.68. The maximum atomic E-state index is 12.2. The van der Waals surface area contributed by atoms with Crippen molar-refractivity contribution in [3.8, 4) is 0 Å². The van der Waals surface area contributed by atoms with Gasteiger partial charge >= 0.3 is 0 Å². The van der Waals surface area contributed by atoms with Crippen molar-refractivity contribution in [2.24, 2.45) is 0 Å². The van der Waals surface area contributed by atoms with Crippen molar-refractivity contribution in [1.82, 2.24) is 20.3 Å². The molecule has 0 radical (unpaired) electrons. The van der Waals surface area contributed by atoms with Crippen molar-refractivity contribution in [3.63, 3.8) is 0 Å². The summed E-state index contributed by atoms with van der Waals surface area (Å²) in [6, 6.07) is 15.6. The Labute approximate surface area is 146 Å². The monoisotopic (exact) mass is 333 g/mol. The molecule has 2 heterocycles. The van der Waals surface area contributed by atoms with E-state index in [-0.39, 0.29) is 5.91 Å². The number of hydrogen-bond donors (Lipinski definition) is 2. The Bertz CT molecular complexity index is 808. The molecule has 0 spiro atoms. The highest BCUT2D eigenvalue weighted by Crippen LogP contribution is 2.06. The minimum atomic E-state index is -0.239. The van der Waals surface area contributed by atoms with Crippen molar-refractivity contribution in [2.75, 3.05) is 11.9 Å². The predicted molar refractivity (Wildman–Crippen MR) is 96.1 cm³/mol. The number of pyridine rings is 1. The molecule has 0 aliphatic rings. The minimum Gasteiger partial charge on any atom is -0.370 e. The SMILES string of the molecule is O=C(NCc1cccnc1)c1cc(NCCc2ccccc2)ncn1. The van der Waals surface area contributed by atoms with Gasteiger partial charge in [-0.2, -0.15) is 0 Å². The predicted octanol–water partition coefficient (Wildman–Crippen LogP) is 2.46. The number of carbonyl (C=O) groups excluding carboxylic acids is 1. The Balaban J connectivity index is 1.52. The van der Waals surface area contributed by atoms with Crippen LogP contribution < -0.4 is 10.6 Å². The van der Waals surface area contributed by atoms with Crippen LogP contribution in [0.3, 0.4) is 0 Å². The zero-order valence-electron chi connectivity index (χ0n) is 13.7. The largest absolute Gasteiger partial charge is 0.370 e. The van der Waals surface area contributed by atoms with Crippen LogP contribution in [0.4, 0.5) is 5.82 Å². The Morgan fingerprint density at radius 1 is 1.00 bits per heavy atom. The fraction of sp³-hybridized carbons (Fsp3) is 0.158. The molecule has 25 heavy (non-hydrogen) atoms. The van der Waals surface area contributed by atoms with Crippen molar-refractivity contribution >= 4 is 11.7 Å². The van der Waals surface area contributed by atoms with Crippen LogP contribution in [0.15, 0.2) is 67.3 Å². The third-order valence-electron chi connectivity index (χ3n) is 3.64. The van der Waals surface area contributed by atoms with Gasteiger partial charge in [-0.15, -0.1) is 0 Å². The van der Waals surface area contributed by atoms with Crippen LogP contribution in [0, 0.1) is 0 Å². The number of aromatic nitrogens is 3. The van der Waals surface area contributed by atoms with Gasteiger partial charge in [0.25, 0.3) is 5.91 Å². The highest BCUT2D eigenvalue weighted by molar-refractivity contribution is 5.92. The van der Waals surface area contributed by atoms with Gasteiger partial charge in [-0.3, -0.25) is 9.78 Å². The highest BCUT2D eigenvalue weighted by atomic mass is 16.1. The molecule has 1 amide bonds. The van der Waals surface area contributed by atoms with Crippen LogP contribution in [0.1, 0.15) is 21.6 Å². The van der Waals surface area contributed by atoms with Gasteiger partial charge in [0.15, 0.2) is 0 Å². The van der Waals surface area contributed by atoms with Gasteiger partial charge in [0, 0.05) is 31.5 Å². The molecule has 6 heteroatoms. The van der Waals surface area contributed by atoms with Gasteiger partial charge in [-0.05, 0) is 23.6 Å². The van der Waals surface area contributed by atoms with E-state index in [4.69, 9.17) is 0 Å². The fourth-order valence-corrected chi connectivity index (χ4v) is 2.33. The second kappa shape index (κ2) is 8.54. The summed E-state index contributed by atoms with van der Waals surface area (Å²) in [6.45, 7) is 1.14. The van der Waals surface area contributed by atoms with E-state index in [1.807, 2.05) is 30.3 Å². The lowest BCUT2D eigenvalue weighted by Gasteiger charge is -2.08. The van der Waals surface area contributed by atoms with E-state index in [2.05, 4.69) is 37.7 Å². The van der Waals surface area contributed by atoms with Crippen LogP contribution in [-0.2, 0) is 13.0 Å². The molecule has 2 N–H and O–H groups in total. The Hall–Kier alpha value is -3.28. The van der Waals surface area contributed by atoms with Crippen LogP contribution in [-0.4, -0.2) is 27.4 Å². The van der Waals surface area contributed by atoms with Gasteiger partial charge in [-0.25, -0.2) is 9.97 Å². The van der Waals surface area contributed by atoms with E-state index < -0.39 is 0 Å². The highest BCUT2D eigenvalue weighted by Gasteiger charge is 2.08. The fourth-order valence-electron chi connectivity index (χ4n) is 2.33. The molecule has 0 atom stereocenters. The normalized spacial score (nSPS) is 10.2. The first kappa shape index (κ1) is 16.6. The number of nitrogens with zero attached hydrogens (tertiary/aromatic N) is 3. The average molecular weight is 333 g/mol. The van der Waals surface area contributed by atoms with E-state index in [1.54, 1.807) is 18.5 Å². The molecule has 3 rings (SSSR count). The van der Waals surface area contributed by atoms with Gasteiger partial charge in [0.1, 0.15) is 17.8 Å². The molecule has 2 aromatic heterocycles. The molecule has 0 aliphatic heterocycles. The second-order valence-electron chi connectivity index (χ2n) is 5.49. The van der Waals surface area contributed by atoms with Gasteiger partial charge in [0.05, 0.1) is 0 Å². The van der Waals surface area contributed by atoms with E-state index in [9.17, 15) is 4.79 Å². The summed E-state index contributed by atoms with van der Waals surface area (Å²) in [7, 11) is 0. The molecular weight excluding hydrogens is 314 g/mol. The third-order valence-corrected chi connectivity index (χ3v) is 3.64. The molecule has 1 aromatic carbocycles. The molecule has 0 aliphatic carbocycles. The number of carbonyl (C=O) groups is 1. The zero-order valence-corrected chi connectivity index (χ0v) is 13.7. The van der Waals surface area contributed by atoms with E-state index >= 15 is 0 Å². The lowest BCUT2D eigenvalue weighted by molar-refractivity contribution is 0.0945. The summed E-state index contributed by atoms with van der Waals surface area (Å²) in [4.78, 5) is 24.4.